The van der Waals surface area contributed by atoms with Crippen LogP contribution in [0.5, 0.6) is 0 Å². The maximum atomic E-state index is 6.39. The molecule has 0 N–H and O–H groups in total. The molecule has 1 aliphatic rings. The smallest absolute Gasteiger partial charge is 0.113 e. The van der Waals surface area contributed by atoms with E-state index in [0.29, 0.717) is 16.1 Å². The minimum absolute atomic E-state index is 0.302. The van der Waals surface area contributed by atoms with E-state index in [-0.39, 0.29) is 0 Å². The van der Waals surface area contributed by atoms with Crippen molar-refractivity contribution in [1.82, 2.24) is 19.9 Å². The summed E-state index contributed by atoms with van der Waals surface area (Å²) in [5.41, 5.74) is 4.33. The van der Waals surface area contributed by atoms with Gasteiger partial charge in [-0.25, -0.2) is 4.68 Å². The Morgan fingerprint density at radius 1 is 1.00 bits per heavy atom. The molecule has 2 heterocycles. The van der Waals surface area contributed by atoms with Crippen molar-refractivity contribution >= 4 is 28.9 Å². The fourth-order valence-electron chi connectivity index (χ4n) is 3.93. The van der Waals surface area contributed by atoms with Gasteiger partial charge < -0.3 is 4.90 Å². The first-order valence-corrected chi connectivity index (χ1v) is 11.2. The third kappa shape index (κ3) is 4.64. The first kappa shape index (κ1) is 21.2. The highest BCUT2D eigenvalue weighted by atomic mass is 35.5. The predicted octanol–water partition coefficient (Wildman–Crippen LogP) is 5.33. The Hall–Kier alpha value is -2.08. The summed E-state index contributed by atoms with van der Waals surface area (Å²) in [6.07, 6.45) is 3.10. The van der Waals surface area contributed by atoms with E-state index in [9.17, 15) is 0 Å². The van der Waals surface area contributed by atoms with Crippen LogP contribution in [0.25, 0.3) is 11.3 Å². The molecule has 4 rings (SSSR count). The lowest BCUT2D eigenvalue weighted by Crippen LogP contribution is -2.47. The minimum atomic E-state index is 0.302. The lowest BCUT2D eigenvalue weighted by Gasteiger charge is -2.37. The molecular formula is C23H27Cl2N5. The van der Waals surface area contributed by atoms with Crippen LogP contribution in [-0.2, 0) is 0 Å². The molecule has 1 aromatic heterocycles. The Morgan fingerprint density at radius 3 is 2.53 bits per heavy atom. The first-order valence-electron chi connectivity index (χ1n) is 10.4. The molecule has 1 fully saturated rings. The van der Waals surface area contributed by atoms with Gasteiger partial charge in [0, 0.05) is 38.3 Å². The summed E-state index contributed by atoms with van der Waals surface area (Å²) in [5.74, 6) is 0. The van der Waals surface area contributed by atoms with Gasteiger partial charge in [0.25, 0.3) is 0 Å². The second-order valence-electron chi connectivity index (χ2n) is 7.94. The third-order valence-electron chi connectivity index (χ3n) is 5.89. The van der Waals surface area contributed by atoms with Crippen LogP contribution < -0.4 is 4.90 Å². The fraction of sp³-hybridized carbons (Fsp3) is 0.391. The van der Waals surface area contributed by atoms with Crippen molar-refractivity contribution in [2.75, 3.05) is 37.6 Å². The van der Waals surface area contributed by atoms with Crippen molar-refractivity contribution in [3.05, 3.63) is 64.3 Å². The summed E-state index contributed by atoms with van der Waals surface area (Å²) in [6.45, 7) is 9.29. The number of halogens is 2. The average molecular weight is 444 g/mol. The molecule has 1 unspecified atom stereocenters. The lowest BCUT2D eigenvalue weighted by atomic mass is 10.1. The molecule has 2 aromatic carbocycles. The number of anilines is 1. The summed E-state index contributed by atoms with van der Waals surface area (Å²) in [6, 6.07) is 14.4. The molecule has 0 saturated carbocycles. The van der Waals surface area contributed by atoms with Crippen molar-refractivity contribution in [3.8, 4) is 11.3 Å². The Morgan fingerprint density at radius 2 is 1.77 bits per heavy atom. The van der Waals surface area contributed by atoms with E-state index in [2.05, 4.69) is 52.3 Å². The van der Waals surface area contributed by atoms with Crippen molar-refractivity contribution in [2.24, 2.45) is 0 Å². The summed E-state index contributed by atoms with van der Waals surface area (Å²) < 4.78 is 1.99. The highest BCUT2D eigenvalue weighted by Crippen LogP contribution is 2.33. The van der Waals surface area contributed by atoms with Gasteiger partial charge in [-0.1, -0.05) is 58.7 Å². The van der Waals surface area contributed by atoms with Gasteiger partial charge >= 0.3 is 0 Å². The van der Waals surface area contributed by atoms with Crippen LogP contribution in [0.15, 0.2) is 48.7 Å². The fourth-order valence-corrected chi connectivity index (χ4v) is 4.34. The first-order chi connectivity index (χ1) is 14.5. The predicted molar refractivity (Wildman–Crippen MR) is 125 cm³/mol. The van der Waals surface area contributed by atoms with Gasteiger partial charge in [-0.2, -0.15) is 0 Å². The average Bonchev–Trinajstić information content (AvgIpc) is 3.25. The third-order valence-corrected chi connectivity index (χ3v) is 6.70. The molecule has 30 heavy (non-hydrogen) atoms. The highest BCUT2D eigenvalue weighted by molar-refractivity contribution is 6.43. The van der Waals surface area contributed by atoms with Crippen LogP contribution in [0, 0.1) is 6.92 Å². The Bertz CT molecular complexity index is 995. The molecule has 0 spiro atoms. The Kier molecular flexibility index (Phi) is 6.61. The van der Waals surface area contributed by atoms with Crippen molar-refractivity contribution in [2.45, 2.75) is 26.3 Å². The van der Waals surface area contributed by atoms with Crippen LogP contribution >= 0.6 is 23.2 Å². The SMILES string of the molecule is Cc1ccccc1-c1cn(C(C)CCN2CCN(c3cccc(Cl)c3Cl)CC2)nn1. The van der Waals surface area contributed by atoms with Crippen molar-refractivity contribution in [3.63, 3.8) is 0 Å². The number of hydrogen-bond donors (Lipinski definition) is 0. The molecule has 3 aromatic rings. The molecule has 7 heteroatoms. The zero-order valence-corrected chi connectivity index (χ0v) is 18.9. The quantitative estimate of drug-likeness (QED) is 0.515. The molecule has 5 nitrogen and oxygen atoms in total. The number of aromatic nitrogens is 3. The maximum absolute atomic E-state index is 6.39. The van der Waals surface area contributed by atoms with Crippen molar-refractivity contribution < 1.29 is 0 Å². The molecule has 1 atom stereocenters. The maximum Gasteiger partial charge on any atom is 0.113 e. The van der Waals surface area contributed by atoms with Crippen LogP contribution in [0.1, 0.15) is 24.9 Å². The van der Waals surface area contributed by atoms with E-state index in [1.165, 1.54) is 5.56 Å². The van der Waals surface area contributed by atoms with Gasteiger partial charge in [-0.15, -0.1) is 5.10 Å². The number of aryl methyl sites for hydroxylation is 1. The molecule has 158 valence electrons. The molecule has 1 saturated heterocycles. The molecule has 1 aliphatic heterocycles. The zero-order chi connectivity index (χ0) is 21.1. The van der Waals surface area contributed by atoms with Crippen LogP contribution in [0.2, 0.25) is 10.0 Å². The van der Waals surface area contributed by atoms with E-state index >= 15 is 0 Å². The van der Waals surface area contributed by atoms with Gasteiger partial charge in [0.15, 0.2) is 0 Å². The van der Waals surface area contributed by atoms with Gasteiger partial charge in [-0.05, 0) is 38.0 Å². The number of rotatable bonds is 6. The van der Waals surface area contributed by atoms with E-state index in [0.717, 1.165) is 56.1 Å². The van der Waals surface area contributed by atoms with Gasteiger partial charge in [0.05, 0.1) is 28.0 Å². The second kappa shape index (κ2) is 9.38. The minimum Gasteiger partial charge on any atom is -0.368 e. The van der Waals surface area contributed by atoms with Crippen LogP contribution in [0.4, 0.5) is 5.69 Å². The number of nitrogens with zero attached hydrogens (tertiary/aromatic N) is 5. The van der Waals surface area contributed by atoms with E-state index in [1.807, 2.05) is 35.0 Å². The summed E-state index contributed by atoms with van der Waals surface area (Å²) >= 11 is 12.6. The number of piperazine rings is 1. The molecular weight excluding hydrogens is 417 g/mol. The molecule has 0 amide bonds. The summed E-state index contributed by atoms with van der Waals surface area (Å²) in [4.78, 5) is 4.82. The monoisotopic (exact) mass is 443 g/mol. The number of benzene rings is 2. The molecule has 0 radical (unpaired) electrons. The highest BCUT2D eigenvalue weighted by Gasteiger charge is 2.20. The summed E-state index contributed by atoms with van der Waals surface area (Å²) in [5, 5.41) is 10.0. The topological polar surface area (TPSA) is 37.2 Å². The standard InChI is InChI=1S/C23H27Cl2N5/c1-17-6-3-4-7-19(17)21-16-30(27-26-21)18(2)10-11-28-12-14-29(15-13-28)22-9-5-8-20(24)23(22)25/h3-9,16,18H,10-15H2,1-2H3. The molecule has 0 aliphatic carbocycles. The van der Waals surface area contributed by atoms with Crippen LogP contribution in [0.3, 0.4) is 0 Å². The lowest BCUT2D eigenvalue weighted by molar-refractivity contribution is 0.237. The van der Waals surface area contributed by atoms with E-state index < -0.39 is 0 Å². The van der Waals surface area contributed by atoms with E-state index in [4.69, 9.17) is 23.2 Å². The zero-order valence-electron chi connectivity index (χ0n) is 17.4. The Balaban J connectivity index is 1.30. The van der Waals surface area contributed by atoms with Gasteiger partial charge in [0.2, 0.25) is 0 Å². The second-order valence-corrected chi connectivity index (χ2v) is 8.72. The number of hydrogen-bond acceptors (Lipinski definition) is 4. The van der Waals surface area contributed by atoms with Crippen molar-refractivity contribution in [1.29, 1.82) is 0 Å². The van der Waals surface area contributed by atoms with Crippen LogP contribution in [-0.4, -0.2) is 52.6 Å². The normalized spacial score (nSPS) is 16.1. The largest absolute Gasteiger partial charge is 0.368 e. The molecule has 0 bridgehead atoms. The van der Waals surface area contributed by atoms with E-state index in [1.54, 1.807) is 0 Å². The van der Waals surface area contributed by atoms with Gasteiger partial charge in [0.1, 0.15) is 5.69 Å². The Labute approximate surface area is 188 Å². The summed E-state index contributed by atoms with van der Waals surface area (Å²) in [7, 11) is 0. The van der Waals surface area contributed by atoms with Gasteiger partial charge in [-0.3, -0.25) is 4.90 Å².